The van der Waals surface area contributed by atoms with E-state index in [4.69, 9.17) is 10.6 Å². The van der Waals surface area contributed by atoms with Gasteiger partial charge in [-0.15, -0.1) is 0 Å². The van der Waals surface area contributed by atoms with Gasteiger partial charge in [-0.2, -0.15) is 0 Å². The second kappa shape index (κ2) is 5.56. The number of carbonyl (C=O) groups excluding carboxylic acids is 1. The average Bonchev–Trinajstić information content (AvgIpc) is 2.44. The van der Waals surface area contributed by atoms with E-state index in [0.717, 1.165) is 17.9 Å². The number of anilines is 1. The number of nitrogens with zero attached hydrogens (tertiary/aromatic N) is 1. The third-order valence-corrected chi connectivity index (χ3v) is 4.39. The van der Waals surface area contributed by atoms with E-state index >= 15 is 0 Å². The predicted octanol–water partition coefficient (Wildman–Crippen LogP) is 2.17. The molecule has 1 amide bonds. The first-order valence-electron chi connectivity index (χ1n) is 7.29. The van der Waals surface area contributed by atoms with Crippen molar-refractivity contribution >= 4 is 11.6 Å². The summed E-state index contributed by atoms with van der Waals surface area (Å²) in [5.74, 6) is 6.39. The van der Waals surface area contributed by atoms with Gasteiger partial charge in [0.1, 0.15) is 11.8 Å². The van der Waals surface area contributed by atoms with Gasteiger partial charge >= 0.3 is 0 Å². The first kappa shape index (κ1) is 15.6. The number of hydrogen-bond donors (Lipinski definition) is 2. The van der Waals surface area contributed by atoms with Crippen LogP contribution in [0.15, 0.2) is 18.2 Å². The topological polar surface area (TPSA) is 67.6 Å². The molecule has 0 aromatic heterocycles. The van der Waals surface area contributed by atoms with Gasteiger partial charge in [-0.1, -0.05) is 6.92 Å². The minimum absolute atomic E-state index is 0.118. The summed E-state index contributed by atoms with van der Waals surface area (Å²) in [6.07, 6.45) is 0.968. The molecule has 0 aliphatic carbocycles. The van der Waals surface area contributed by atoms with Crippen LogP contribution in [0, 0.1) is 0 Å². The van der Waals surface area contributed by atoms with Crippen molar-refractivity contribution in [3.05, 3.63) is 23.8 Å². The van der Waals surface area contributed by atoms with Crippen LogP contribution >= 0.6 is 0 Å². The van der Waals surface area contributed by atoms with E-state index in [0.29, 0.717) is 5.92 Å². The zero-order valence-corrected chi connectivity index (χ0v) is 13.4. The van der Waals surface area contributed by atoms with Gasteiger partial charge in [0, 0.05) is 11.2 Å². The summed E-state index contributed by atoms with van der Waals surface area (Å²) >= 11 is 0. The Kier molecular flexibility index (Phi) is 4.14. The van der Waals surface area contributed by atoms with Crippen molar-refractivity contribution in [2.75, 3.05) is 12.0 Å². The molecule has 1 aromatic rings. The van der Waals surface area contributed by atoms with Crippen molar-refractivity contribution in [1.82, 2.24) is 5.43 Å². The van der Waals surface area contributed by atoms with Crippen LogP contribution in [0.2, 0.25) is 0 Å². The Labute approximate surface area is 126 Å². The Hall–Kier alpha value is -1.75. The molecule has 0 unspecified atom stereocenters. The highest BCUT2D eigenvalue weighted by Gasteiger charge is 2.40. The fraction of sp³-hybridized carbons (Fsp3) is 0.562. The minimum Gasteiger partial charge on any atom is -0.497 e. The first-order chi connectivity index (χ1) is 9.81. The average molecular weight is 291 g/mol. The Morgan fingerprint density at radius 1 is 1.52 bits per heavy atom. The molecule has 0 fully saturated rings. The number of amides is 1. The van der Waals surface area contributed by atoms with Gasteiger partial charge in [-0.25, -0.2) is 5.84 Å². The van der Waals surface area contributed by atoms with Crippen molar-refractivity contribution in [3.8, 4) is 5.75 Å². The Bertz CT molecular complexity index is 542. The Balaban J connectivity index is 2.53. The largest absolute Gasteiger partial charge is 0.497 e. The molecule has 116 valence electrons. The number of rotatable bonds is 3. The molecule has 1 heterocycles. The molecule has 2 atom stereocenters. The molecule has 5 heteroatoms. The van der Waals surface area contributed by atoms with Gasteiger partial charge < -0.3 is 9.64 Å². The molecular weight excluding hydrogens is 266 g/mol. The van der Waals surface area contributed by atoms with Gasteiger partial charge in [0.2, 0.25) is 0 Å². The van der Waals surface area contributed by atoms with Gasteiger partial charge in [0.25, 0.3) is 5.91 Å². The molecule has 0 spiro atoms. The summed E-state index contributed by atoms with van der Waals surface area (Å²) in [5, 5.41) is 0. The monoisotopic (exact) mass is 291 g/mol. The fourth-order valence-electron chi connectivity index (χ4n) is 3.53. The third kappa shape index (κ3) is 2.70. The van der Waals surface area contributed by atoms with E-state index in [1.165, 1.54) is 5.56 Å². The minimum atomic E-state index is -0.329. The lowest BCUT2D eigenvalue weighted by atomic mass is 9.79. The maximum absolute atomic E-state index is 12.0. The number of nitrogens with two attached hydrogens (primary N) is 1. The van der Waals surface area contributed by atoms with E-state index in [9.17, 15) is 4.79 Å². The van der Waals surface area contributed by atoms with Crippen LogP contribution < -0.4 is 20.9 Å². The van der Waals surface area contributed by atoms with Crippen LogP contribution in [0.4, 0.5) is 5.69 Å². The van der Waals surface area contributed by atoms with Crippen LogP contribution in [-0.4, -0.2) is 24.6 Å². The van der Waals surface area contributed by atoms with Crippen LogP contribution in [0.25, 0.3) is 0 Å². The molecule has 21 heavy (non-hydrogen) atoms. The van der Waals surface area contributed by atoms with Crippen LogP contribution in [-0.2, 0) is 4.79 Å². The number of ether oxygens (including phenoxy) is 1. The summed E-state index contributed by atoms with van der Waals surface area (Å²) in [7, 11) is 1.67. The van der Waals surface area contributed by atoms with Crippen LogP contribution in [0.1, 0.15) is 45.6 Å². The highest BCUT2D eigenvalue weighted by Crippen LogP contribution is 2.45. The third-order valence-electron chi connectivity index (χ3n) is 4.39. The molecule has 0 saturated carbocycles. The van der Waals surface area contributed by atoms with Crippen LogP contribution in [0.3, 0.4) is 0 Å². The zero-order chi connectivity index (χ0) is 15.8. The van der Waals surface area contributed by atoms with E-state index in [1.807, 2.05) is 19.1 Å². The summed E-state index contributed by atoms with van der Waals surface area (Å²) < 4.78 is 5.33. The smallest absolute Gasteiger partial charge is 0.256 e. The van der Waals surface area contributed by atoms with Gasteiger partial charge in [-0.3, -0.25) is 10.2 Å². The second-order valence-corrected chi connectivity index (χ2v) is 6.40. The molecule has 0 bridgehead atoms. The zero-order valence-electron chi connectivity index (χ0n) is 13.4. The molecule has 0 radical (unpaired) electrons. The van der Waals surface area contributed by atoms with Crippen molar-refractivity contribution in [3.63, 3.8) is 0 Å². The fourth-order valence-corrected chi connectivity index (χ4v) is 3.53. The number of nitrogens with one attached hydrogen (secondary N) is 1. The molecule has 1 aliphatic rings. The van der Waals surface area contributed by atoms with E-state index in [1.54, 1.807) is 7.11 Å². The molecule has 1 aromatic carbocycles. The van der Waals surface area contributed by atoms with Gasteiger partial charge in [-0.05, 0) is 56.9 Å². The second-order valence-electron chi connectivity index (χ2n) is 6.40. The normalized spacial score (nSPS) is 21.4. The lowest BCUT2D eigenvalue weighted by molar-refractivity contribution is -0.122. The highest BCUT2D eigenvalue weighted by atomic mass is 16.5. The van der Waals surface area contributed by atoms with Crippen molar-refractivity contribution in [2.45, 2.75) is 51.6 Å². The highest BCUT2D eigenvalue weighted by molar-refractivity contribution is 5.85. The summed E-state index contributed by atoms with van der Waals surface area (Å²) in [4.78, 5) is 14.2. The number of fused-ring (bicyclic) bond motifs is 1. The lowest BCUT2D eigenvalue weighted by Crippen LogP contribution is -2.58. The van der Waals surface area contributed by atoms with Gasteiger partial charge in [0.15, 0.2) is 0 Å². The standard InChI is InChI=1S/C16H25N3O2/c1-10-9-16(3,4)19(11(2)15(20)18-17)14-7-6-12(21-5)8-13(10)14/h6-8,10-11H,9,17H2,1-5H3,(H,18,20)/t10-,11+/m1/s1. The van der Waals surface area contributed by atoms with E-state index in [-0.39, 0.29) is 17.5 Å². The predicted molar refractivity (Wildman–Crippen MR) is 84.4 cm³/mol. The molecule has 0 saturated heterocycles. The summed E-state index contributed by atoms with van der Waals surface area (Å²) in [6.45, 7) is 8.42. The molecule has 1 aliphatic heterocycles. The number of methoxy groups -OCH3 is 1. The van der Waals surface area contributed by atoms with Gasteiger partial charge in [0.05, 0.1) is 7.11 Å². The Morgan fingerprint density at radius 3 is 2.76 bits per heavy atom. The quantitative estimate of drug-likeness (QED) is 0.509. The summed E-state index contributed by atoms with van der Waals surface area (Å²) in [6, 6.07) is 5.71. The number of hydrazine groups is 1. The van der Waals surface area contributed by atoms with Crippen LogP contribution in [0.5, 0.6) is 5.75 Å². The van der Waals surface area contributed by atoms with E-state index in [2.05, 4.69) is 37.2 Å². The molecule has 3 N–H and O–H groups in total. The molecule has 5 nitrogen and oxygen atoms in total. The van der Waals surface area contributed by atoms with Crippen molar-refractivity contribution < 1.29 is 9.53 Å². The Morgan fingerprint density at radius 2 is 2.19 bits per heavy atom. The summed E-state index contributed by atoms with van der Waals surface area (Å²) in [5.41, 5.74) is 4.43. The molecule has 2 rings (SSSR count). The maximum Gasteiger partial charge on any atom is 0.256 e. The number of hydrogen-bond acceptors (Lipinski definition) is 4. The van der Waals surface area contributed by atoms with E-state index < -0.39 is 0 Å². The molecular formula is C16H25N3O2. The number of benzene rings is 1. The lowest BCUT2D eigenvalue weighted by Gasteiger charge is -2.49. The number of carbonyl (C=O) groups is 1. The van der Waals surface area contributed by atoms with Crippen molar-refractivity contribution in [2.24, 2.45) is 5.84 Å². The van der Waals surface area contributed by atoms with Crippen molar-refractivity contribution in [1.29, 1.82) is 0 Å². The SMILES string of the molecule is COc1ccc2c(c1)[C@H](C)CC(C)(C)N2[C@@H](C)C(=O)NN. The first-order valence-corrected chi connectivity index (χ1v) is 7.29. The maximum atomic E-state index is 12.0.